The zero-order valence-electron chi connectivity index (χ0n) is 16.4. The zero-order chi connectivity index (χ0) is 19.9. The summed E-state index contributed by atoms with van der Waals surface area (Å²) in [6.07, 6.45) is 0. The van der Waals surface area contributed by atoms with E-state index in [9.17, 15) is 0 Å². The minimum Gasteiger partial charge on any atom is -0.355 e. The second kappa shape index (κ2) is 6.78. The summed E-state index contributed by atoms with van der Waals surface area (Å²) in [5.41, 5.74) is 5.80. The molecule has 0 radical (unpaired) electrons. The van der Waals surface area contributed by atoms with Gasteiger partial charge in [0.1, 0.15) is 0 Å². The fourth-order valence-electron chi connectivity index (χ4n) is 4.47. The Labute approximate surface area is 175 Å². The van der Waals surface area contributed by atoms with Crippen molar-refractivity contribution in [2.75, 3.05) is 5.32 Å². The first-order chi connectivity index (χ1) is 14.9. The van der Waals surface area contributed by atoms with Gasteiger partial charge in [0, 0.05) is 33.2 Å². The van der Waals surface area contributed by atoms with Crippen LogP contribution in [0.15, 0.2) is 115 Å². The summed E-state index contributed by atoms with van der Waals surface area (Å²) >= 11 is 0. The minimum atomic E-state index is 1.09. The van der Waals surface area contributed by atoms with Gasteiger partial charge in [-0.2, -0.15) is 0 Å². The summed E-state index contributed by atoms with van der Waals surface area (Å²) in [6.45, 7) is 0. The van der Waals surface area contributed by atoms with Crippen LogP contribution in [0.5, 0.6) is 0 Å². The normalized spacial score (nSPS) is 11.3. The summed E-state index contributed by atoms with van der Waals surface area (Å²) < 4.78 is 2.37. The van der Waals surface area contributed by atoms with Gasteiger partial charge in [0.15, 0.2) is 0 Å². The van der Waals surface area contributed by atoms with E-state index in [1.807, 2.05) is 6.07 Å². The van der Waals surface area contributed by atoms with E-state index in [1.54, 1.807) is 0 Å². The third-order valence-corrected chi connectivity index (χ3v) is 5.75. The maximum atomic E-state index is 3.65. The number of anilines is 2. The largest absolute Gasteiger partial charge is 0.355 e. The molecule has 2 heteroatoms. The van der Waals surface area contributed by atoms with E-state index in [0.29, 0.717) is 0 Å². The van der Waals surface area contributed by atoms with Crippen molar-refractivity contribution in [3.05, 3.63) is 115 Å². The van der Waals surface area contributed by atoms with Crippen molar-refractivity contribution >= 4 is 44.0 Å². The van der Waals surface area contributed by atoms with E-state index in [2.05, 4.69) is 119 Å². The average molecular weight is 384 g/mol. The Kier molecular flexibility index (Phi) is 3.82. The van der Waals surface area contributed by atoms with E-state index < -0.39 is 0 Å². The summed E-state index contributed by atoms with van der Waals surface area (Å²) in [4.78, 5) is 0. The molecule has 0 amide bonds. The van der Waals surface area contributed by atoms with E-state index in [1.165, 1.54) is 38.3 Å². The molecule has 1 N–H and O–H groups in total. The fourth-order valence-corrected chi connectivity index (χ4v) is 4.47. The molecule has 0 aliphatic carbocycles. The van der Waals surface area contributed by atoms with Crippen LogP contribution >= 0.6 is 0 Å². The van der Waals surface area contributed by atoms with E-state index >= 15 is 0 Å². The molecule has 0 spiro atoms. The monoisotopic (exact) mass is 384 g/mol. The SMILES string of the molecule is c1ccc(Nc2cc3c(c4ccccc24)c2ccccc2n3-c2ccccc2)cc1. The van der Waals surface area contributed by atoms with E-state index in [-0.39, 0.29) is 0 Å². The molecule has 30 heavy (non-hydrogen) atoms. The van der Waals surface area contributed by atoms with Crippen LogP contribution < -0.4 is 5.32 Å². The molecule has 1 heterocycles. The standard InChI is InChI=1S/C28H20N2/c1-3-11-20(12-4-1)29-25-19-27-28(23-16-8-7-15-22(23)25)24-17-9-10-18-26(24)30(27)21-13-5-2-6-14-21/h1-19,29H. The number of hydrogen-bond donors (Lipinski definition) is 1. The van der Waals surface area contributed by atoms with Crippen molar-refractivity contribution < 1.29 is 0 Å². The number of nitrogens with one attached hydrogen (secondary N) is 1. The van der Waals surface area contributed by atoms with Crippen LogP contribution in [0.25, 0.3) is 38.3 Å². The van der Waals surface area contributed by atoms with Crippen molar-refractivity contribution in [3.8, 4) is 5.69 Å². The number of fused-ring (bicyclic) bond motifs is 5. The Balaban J connectivity index is 1.76. The van der Waals surface area contributed by atoms with Crippen LogP contribution in [0.1, 0.15) is 0 Å². The summed E-state index contributed by atoms with van der Waals surface area (Å²) in [6, 6.07) is 40.6. The number of para-hydroxylation sites is 3. The maximum absolute atomic E-state index is 3.65. The van der Waals surface area contributed by atoms with E-state index in [0.717, 1.165) is 11.4 Å². The van der Waals surface area contributed by atoms with Crippen molar-refractivity contribution in [2.45, 2.75) is 0 Å². The molecule has 5 aromatic carbocycles. The third kappa shape index (κ3) is 2.58. The lowest BCUT2D eigenvalue weighted by Crippen LogP contribution is -1.96. The molecule has 0 atom stereocenters. The highest BCUT2D eigenvalue weighted by molar-refractivity contribution is 6.24. The summed E-state index contributed by atoms with van der Waals surface area (Å²) in [7, 11) is 0. The Hall–Kier alpha value is -4.04. The molecule has 6 aromatic rings. The Bertz CT molecular complexity index is 1500. The second-order valence-corrected chi connectivity index (χ2v) is 7.54. The average Bonchev–Trinajstić information content (AvgIpc) is 3.15. The molecule has 2 nitrogen and oxygen atoms in total. The van der Waals surface area contributed by atoms with Gasteiger partial charge in [-0.25, -0.2) is 0 Å². The van der Waals surface area contributed by atoms with Gasteiger partial charge in [-0.15, -0.1) is 0 Å². The molecule has 0 fully saturated rings. The third-order valence-electron chi connectivity index (χ3n) is 5.75. The van der Waals surface area contributed by atoms with Gasteiger partial charge in [0.05, 0.1) is 11.0 Å². The lowest BCUT2D eigenvalue weighted by Gasteiger charge is -2.13. The molecule has 0 saturated heterocycles. The van der Waals surface area contributed by atoms with Gasteiger partial charge in [0.25, 0.3) is 0 Å². The molecular weight excluding hydrogens is 364 g/mol. The van der Waals surface area contributed by atoms with Crippen molar-refractivity contribution in [2.24, 2.45) is 0 Å². The Morgan fingerprint density at radius 1 is 0.500 bits per heavy atom. The van der Waals surface area contributed by atoms with Crippen LogP contribution in [0, 0.1) is 0 Å². The van der Waals surface area contributed by atoms with Crippen LogP contribution in [-0.2, 0) is 0 Å². The number of hydrogen-bond acceptors (Lipinski definition) is 1. The topological polar surface area (TPSA) is 17.0 Å². The first-order valence-corrected chi connectivity index (χ1v) is 10.2. The van der Waals surface area contributed by atoms with Gasteiger partial charge in [0.2, 0.25) is 0 Å². The predicted octanol–water partition coefficient (Wildman–Crippen LogP) is 7.68. The van der Waals surface area contributed by atoms with Crippen molar-refractivity contribution in [1.29, 1.82) is 0 Å². The molecule has 142 valence electrons. The lowest BCUT2D eigenvalue weighted by atomic mass is 10.0. The number of aromatic nitrogens is 1. The Morgan fingerprint density at radius 3 is 1.87 bits per heavy atom. The summed E-state index contributed by atoms with van der Waals surface area (Å²) in [5.74, 6) is 0. The predicted molar refractivity (Wildman–Crippen MR) is 128 cm³/mol. The Morgan fingerprint density at radius 2 is 1.10 bits per heavy atom. The molecule has 0 saturated carbocycles. The smallest absolute Gasteiger partial charge is 0.0568 e. The quantitative estimate of drug-likeness (QED) is 0.331. The van der Waals surface area contributed by atoms with Crippen LogP contribution in [0.2, 0.25) is 0 Å². The molecule has 0 bridgehead atoms. The van der Waals surface area contributed by atoms with Gasteiger partial charge in [-0.3, -0.25) is 0 Å². The molecular formula is C28H20N2. The highest BCUT2D eigenvalue weighted by Crippen LogP contribution is 2.40. The van der Waals surface area contributed by atoms with Gasteiger partial charge >= 0.3 is 0 Å². The second-order valence-electron chi connectivity index (χ2n) is 7.54. The first-order valence-electron chi connectivity index (χ1n) is 10.2. The first kappa shape index (κ1) is 16.9. The number of nitrogens with zero attached hydrogens (tertiary/aromatic N) is 1. The van der Waals surface area contributed by atoms with Gasteiger partial charge < -0.3 is 9.88 Å². The van der Waals surface area contributed by atoms with Crippen molar-refractivity contribution in [3.63, 3.8) is 0 Å². The van der Waals surface area contributed by atoms with Crippen molar-refractivity contribution in [1.82, 2.24) is 4.57 Å². The van der Waals surface area contributed by atoms with Crippen LogP contribution in [-0.4, -0.2) is 4.57 Å². The van der Waals surface area contributed by atoms with E-state index in [4.69, 9.17) is 0 Å². The fraction of sp³-hybridized carbons (Fsp3) is 0. The lowest BCUT2D eigenvalue weighted by molar-refractivity contribution is 1.18. The minimum absolute atomic E-state index is 1.09. The van der Waals surface area contributed by atoms with Gasteiger partial charge in [-0.05, 0) is 41.8 Å². The highest BCUT2D eigenvalue weighted by Gasteiger charge is 2.16. The molecule has 1 aromatic heterocycles. The molecule has 0 unspecified atom stereocenters. The highest BCUT2D eigenvalue weighted by atomic mass is 15.0. The summed E-state index contributed by atoms with van der Waals surface area (Å²) in [5, 5.41) is 8.71. The molecule has 0 aliphatic heterocycles. The number of rotatable bonds is 3. The van der Waals surface area contributed by atoms with Gasteiger partial charge in [-0.1, -0.05) is 78.9 Å². The van der Waals surface area contributed by atoms with Crippen LogP contribution in [0.3, 0.4) is 0 Å². The zero-order valence-corrected chi connectivity index (χ0v) is 16.4. The number of benzene rings is 5. The van der Waals surface area contributed by atoms with Crippen LogP contribution in [0.4, 0.5) is 11.4 Å². The molecule has 0 aliphatic rings. The molecule has 6 rings (SSSR count). The maximum Gasteiger partial charge on any atom is 0.0568 e.